The van der Waals surface area contributed by atoms with Crippen LogP contribution < -0.4 is 10.1 Å². The van der Waals surface area contributed by atoms with E-state index < -0.39 is 0 Å². The fraction of sp³-hybridized carbons (Fsp3) is 0.143. The minimum Gasteiger partial charge on any atom is -0.504 e. The van der Waals surface area contributed by atoms with Crippen LogP contribution in [0.4, 0.5) is 5.69 Å². The molecule has 0 aromatic heterocycles. The Morgan fingerprint density at radius 1 is 1.26 bits per heavy atom. The second kappa shape index (κ2) is 6.34. The third kappa shape index (κ3) is 3.67. The summed E-state index contributed by atoms with van der Waals surface area (Å²) in [6, 6.07) is 11.3. The van der Waals surface area contributed by atoms with Crippen molar-refractivity contribution in [2.75, 3.05) is 12.4 Å². The van der Waals surface area contributed by atoms with Crippen molar-refractivity contribution < 1.29 is 9.84 Å². The summed E-state index contributed by atoms with van der Waals surface area (Å²) in [4.78, 5) is 0. The highest BCUT2D eigenvalue weighted by atomic mass is 127. The zero-order valence-corrected chi connectivity index (χ0v) is 13.2. The molecule has 0 spiro atoms. The normalized spacial score (nSPS) is 10.3. The number of aromatic hydroxyl groups is 1. The number of hydrogen-bond acceptors (Lipinski definition) is 3. The van der Waals surface area contributed by atoms with Gasteiger partial charge in [-0.05, 0) is 52.9 Å². The maximum absolute atomic E-state index is 10.0. The zero-order chi connectivity index (χ0) is 13.8. The summed E-state index contributed by atoms with van der Waals surface area (Å²) >= 11 is 8.24. The first-order chi connectivity index (χ1) is 9.10. The van der Waals surface area contributed by atoms with Gasteiger partial charge in [0.25, 0.3) is 0 Å². The third-order valence-electron chi connectivity index (χ3n) is 2.67. The summed E-state index contributed by atoms with van der Waals surface area (Å²) in [6.07, 6.45) is 0. The van der Waals surface area contributed by atoms with Crippen LogP contribution in [0.1, 0.15) is 5.56 Å². The van der Waals surface area contributed by atoms with Gasteiger partial charge in [-0.15, -0.1) is 0 Å². The molecule has 19 heavy (non-hydrogen) atoms. The molecule has 0 bridgehead atoms. The summed E-state index contributed by atoms with van der Waals surface area (Å²) in [7, 11) is 1.50. The van der Waals surface area contributed by atoms with E-state index in [-0.39, 0.29) is 5.75 Å². The van der Waals surface area contributed by atoms with E-state index in [2.05, 4.69) is 27.9 Å². The van der Waals surface area contributed by atoms with Gasteiger partial charge >= 0.3 is 0 Å². The van der Waals surface area contributed by atoms with Gasteiger partial charge in [-0.2, -0.15) is 0 Å². The van der Waals surface area contributed by atoms with Crippen LogP contribution in [0.15, 0.2) is 36.4 Å². The summed E-state index contributed by atoms with van der Waals surface area (Å²) < 4.78 is 6.25. The summed E-state index contributed by atoms with van der Waals surface area (Å²) in [5.74, 6) is 0.497. The number of phenols is 1. The van der Waals surface area contributed by atoms with E-state index in [1.165, 1.54) is 10.7 Å². The van der Waals surface area contributed by atoms with Gasteiger partial charge in [0.1, 0.15) is 0 Å². The molecule has 3 nitrogen and oxygen atoms in total. The highest BCUT2D eigenvalue weighted by Gasteiger charge is 2.09. The first-order valence-electron chi connectivity index (χ1n) is 5.65. The van der Waals surface area contributed by atoms with Crippen LogP contribution in [0, 0.1) is 3.57 Å². The van der Waals surface area contributed by atoms with E-state index in [4.69, 9.17) is 16.3 Å². The molecular weight excluding hydrogens is 377 g/mol. The Morgan fingerprint density at radius 3 is 2.58 bits per heavy atom. The predicted molar refractivity (Wildman–Crippen MR) is 86.2 cm³/mol. The van der Waals surface area contributed by atoms with Gasteiger partial charge in [0, 0.05) is 32.5 Å². The fourth-order valence-electron chi connectivity index (χ4n) is 1.68. The number of anilines is 1. The Hall–Kier alpha value is -1.14. The number of methoxy groups -OCH3 is 1. The van der Waals surface area contributed by atoms with Crippen molar-refractivity contribution in [1.29, 1.82) is 0 Å². The summed E-state index contributed by atoms with van der Waals surface area (Å²) in [6.45, 7) is 0.476. The smallest absolute Gasteiger partial charge is 0.162 e. The van der Waals surface area contributed by atoms with Gasteiger partial charge in [-0.3, -0.25) is 0 Å². The van der Waals surface area contributed by atoms with Crippen molar-refractivity contribution in [2.24, 2.45) is 0 Å². The number of nitrogens with one attached hydrogen (secondary N) is 1. The Kier molecular flexibility index (Phi) is 4.76. The quantitative estimate of drug-likeness (QED) is 0.767. The minimum absolute atomic E-state index is 0.116. The van der Waals surface area contributed by atoms with Gasteiger partial charge in [0.2, 0.25) is 0 Å². The van der Waals surface area contributed by atoms with E-state index >= 15 is 0 Å². The van der Waals surface area contributed by atoms with Crippen LogP contribution in [-0.4, -0.2) is 12.2 Å². The van der Waals surface area contributed by atoms with Crippen LogP contribution in [-0.2, 0) is 6.54 Å². The molecule has 5 heteroatoms. The average Bonchev–Trinajstić information content (AvgIpc) is 2.41. The molecule has 2 aromatic carbocycles. The van der Waals surface area contributed by atoms with E-state index in [1.807, 2.05) is 24.3 Å². The first-order valence-corrected chi connectivity index (χ1v) is 7.10. The molecule has 0 fully saturated rings. The number of benzene rings is 2. The Balaban J connectivity index is 2.15. The molecule has 0 aliphatic carbocycles. The fourth-order valence-corrected chi connectivity index (χ4v) is 2.27. The van der Waals surface area contributed by atoms with Gasteiger partial charge in [0.15, 0.2) is 11.5 Å². The number of halogens is 2. The van der Waals surface area contributed by atoms with Gasteiger partial charge in [0.05, 0.1) is 7.11 Å². The Labute approximate surface area is 130 Å². The predicted octanol–water partition coefficient (Wildman–Crippen LogP) is 4.27. The Bertz CT molecular complexity index is 572. The topological polar surface area (TPSA) is 41.5 Å². The molecule has 0 radical (unpaired) electrons. The maximum Gasteiger partial charge on any atom is 0.162 e. The monoisotopic (exact) mass is 389 g/mol. The number of rotatable bonds is 4. The van der Waals surface area contributed by atoms with Gasteiger partial charge < -0.3 is 15.2 Å². The Morgan fingerprint density at radius 2 is 1.95 bits per heavy atom. The SMILES string of the molecule is COc1cc(Cl)cc(CNc2ccc(I)cc2)c1O. The summed E-state index contributed by atoms with van der Waals surface area (Å²) in [5.41, 5.74) is 1.68. The molecular formula is C14H13ClINO2. The average molecular weight is 390 g/mol. The molecule has 2 aromatic rings. The van der Waals surface area contributed by atoms with Crippen molar-refractivity contribution in [2.45, 2.75) is 6.54 Å². The summed E-state index contributed by atoms with van der Waals surface area (Å²) in [5, 5.41) is 13.8. The molecule has 2 rings (SSSR count). The molecule has 100 valence electrons. The number of hydrogen-bond donors (Lipinski definition) is 2. The molecule has 0 atom stereocenters. The van der Waals surface area contributed by atoms with Gasteiger partial charge in [-0.1, -0.05) is 11.6 Å². The molecule has 0 amide bonds. The zero-order valence-electron chi connectivity index (χ0n) is 10.3. The molecule has 0 heterocycles. The minimum atomic E-state index is 0.116. The van der Waals surface area contributed by atoms with Gasteiger partial charge in [-0.25, -0.2) is 0 Å². The van der Waals surface area contributed by atoms with Crippen molar-refractivity contribution >= 4 is 39.9 Å². The highest BCUT2D eigenvalue weighted by Crippen LogP contribution is 2.33. The van der Waals surface area contributed by atoms with E-state index in [0.717, 1.165) is 5.69 Å². The largest absolute Gasteiger partial charge is 0.504 e. The molecule has 0 saturated carbocycles. The lowest BCUT2D eigenvalue weighted by Crippen LogP contribution is -2.00. The number of ether oxygens (including phenoxy) is 1. The number of phenolic OH excluding ortho intramolecular Hbond substituents is 1. The van der Waals surface area contributed by atoms with Crippen LogP contribution in [0.2, 0.25) is 5.02 Å². The molecule has 0 saturated heterocycles. The maximum atomic E-state index is 10.0. The second-order valence-corrected chi connectivity index (χ2v) is 5.66. The van der Waals surface area contributed by atoms with Crippen LogP contribution in [0.25, 0.3) is 0 Å². The van der Waals surface area contributed by atoms with E-state index in [9.17, 15) is 5.11 Å². The van der Waals surface area contributed by atoms with Crippen LogP contribution in [0.5, 0.6) is 11.5 Å². The third-order valence-corrected chi connectivity index (χ3v) is 3.60. The van der Waals surface area contributed by atoms with Crippen molar-refractivity contribution in [1.82, 2.24) is 0 Å². The molecule has 2 N–H and O–H groups in total. The van der Waals surface area contributed by atoms with Crippen LogP contribution >= 0.6 is 34.2 Å². The molecule has 0 aliphatic heterocycles. The standard InChI is InChI=1S/C14H13ClINO2/c1-19-13-7-10(15)6-9(14(13)18)8-17-12-4-2-11(16)3-5-12/h2-7,17-18H,8H2,1H3. The van der Waals surface area contributed by atoms with E-state index in [1.54, 1.807) is 12.1 Å². The van der Waals surface area contributed by atoms with Crippen molar-refractivity contribution in [3.8, 4) is 11.5 Å². The first kappa shape index (κ1) is 14.3. The lowest BCUT2D eigenvalue weighted by Gasteiger charge is -2.11. The van der Waals surface area contributed by atoms with E-state index in [0.29, 0.717) is 22.9 Å². The highest BCUT2D eigenvalue weighted by molar-refractivity contribution is 14.1. The lowest BCUT2D eigenvalue weighted by molar-refractivity contribution is 0.371. The van der Waals surface area contributed by atoms with Crippen molar-refractivity contribution in [3.63, 3.8) is 0 Å². The second-order valence-electron chi connectivity index (χ2n) is 3.98. The van der Waals surface area contributed by atoms with Crippen LogP contribution in [0.3, 0.4) is 0 Å². The van der Waals surface area contributed by atoms with Crippen molar-refractivity contribution in [3.05, 3.63) is 50.6 Å². The lowest BCUT2D eigenvalue weighted by atomic mass is 10.1. The molecule has 0 unspecified atom stereocenters. The molecule has 0 aliphatic rings.